The summed E-state index contributed by atoms with van der Waals surface area (Å²) in [4.78, 5) is 32.3. The van der Waals surface area contributed by atoms with E-state index in [2.05, 4.69) is 15.9 Å². The summed E-state index contributed by atoms with van der Waals surface area (Å²) in [6, 6.07) is 15.6. The molecule has 1 aromatic carbocycles. The van der Waals surface area contributed by atoms with Gasteiger partial charge in [-0.15, -0.1) is 0 Å². The Morgan fingerprint density at radius 3 is 2.52 bits per heavy atom. The molecule has 3 rings (SSSR count). The Kier molecular flexibility index (Phi) is 8.13. The van der Waals surface area contributed by atoms with E-state index in [0.717, 1.165) is 56.2 Å². The molecule has 0 saturated carbocycles. The lowest BCUT2D eigenvalue weighted by Crippen LogP contribution is -2.47. The molecule has 0 spiro atoms. The van der Waals surface area contributed by atoms with E-state index in [1.165, 1.54) is 0 Å². The van der Waals surface area contributed by atoms with Crippen LogP contribution in [0.5, 0.6) is 0 Å². The first-order valence-electron chi connectivity index (χ1n) is 10.7. The summed E-state index contributed by atoms with van der Waals surface area (Å²) in [6.07, 6.45) is 1.46. The van der Waals surface area contributed by atoms with Crippen molar-refractivity contribution >= 4 is 17.6 Å². The first kappa shape index (κ1) is 22.4. The Balaban J connectivity index is 1.45. The number of Topliss-reactive ketones (excluding diaryl/α,β-unsaturated/α-hetero) is 1. The van der Waals surface area contributed by atoms with Crippen LogP contribution in [0, 0.1) is 11.3 Å². The molecule has 2 aromatic rings. The smallest absolute Gasteiger partial charge is 0.306 e. The average Bonchev–Trinajstić information content (AvgIpc) is 2.83. The number of ketones is 1. The van der Waals surface area contributed by atoms with Gasteiger partial charge in [-0.05, 0) is 37.2 Å². The summed E-state index contributed by atoms with van der Waals surface area (Å²) in [5.74, 6) is 0.594. The van der Waals surface area contributed by atoms with Gasteiger partial charge in [-0.2, -0.15) is 5.26 Å². The molecule has 0 atom stereocenters. The van der Waals surface area contributed by atoms with Crippen molar-refractivity contribution in [2.45, 2.75) is 26.2 Å². The van der Waals surface area contributed by atoms with Gasteiger partial charge in [0, 0.05) is 44.6 Å². The second kappa shape index (κ2) is 11.2. The van der Waals surface area contributed by atoms with Gasteiger partial charge in [0.1, 0.15) is 12.4 Å². The van der Waals surface area contributed by atoms with Crippen LogP contribution in [0.2, 0.25) is 0 Å². The van der Waals surface area contributed by atoms with Crippen LogP contribution < -0.4 is 4.90 Å². The minimum Gasteiger partial charge on any atom is -0.458 e. The van der Waals surface area contributed by atoms with Gasteiger partial charge in [0.05, 0.1) is 17.3 Å². The molecule has 31 heavy (non-hydrogen) atoms. The topological polar surface area (TPSA) is 86.5 Å². The molecular formula is C24H28N4O3. The number of anilines is 1. The van der Waals surface area contributed by atoms with E-state index in [1.54, 1.807) is 19.1 Å². The predicted octanol–water partition coefficient (Wildman–Crippen LogP) is 3.04. The number of carbonyl (C=O) groups is 2. The first-order chi connectivity index (χ1) is 15.1. The monoisotopic (exact) mass is 420 g/mol. The second-order valence-electron chi connectivity index (χ2n) is 7.56. The van der Waals surface area contributed by atoms with Crippen molar-refractivity contribution < 1.29 is 14.3 Å². The highest BCUT2D eigenvalue weighted by Crippen LogP contribution is 2.22. The zero-order valence-electron chi connectivity index (χ0n) is 17.9. The van der Waals surface area contributed by atoms with Gasteiger partial charge < -0.3 is 9.64 Å². The van der Waals surface area contributed by atoms with Gasteiger partial charge in [-0.1, -0.05) is 25.1 Å². The fraction of sp³-hybridized carbons (Fsp3) is 0.417. The van der Waals surface area contributed by atoms with Crippen molar-refractivity contribution in [2.75, 3.05) is 44.2 Å². The third-order valence-corrected chi connectivity index (χ3v) is 5.38. The van der Waals surface area contributed by atoms with Gasteiger partial charge in [0.15, 0.2) is 5.78 Å². The zero-order chi connectivity index (χ0) is 22.1. The highest BCUT2D eigenvalue weighted by atomic mass is 16.5. The quantitative estimate of drug-likeness (QED) is 0.576. The number of benzene rings is 1. The number of piperazine rings is 1. The summed E-state index contributed by atoms with van der Waals surface area (Å²) in [7, 11) is 0. The van der Waals surface area contributed by atoms with Gasteiger partial charge in [0.2, 0.25) is 0 Å². The Labute approximate surface area is 183 Å². The van der Waals surface area contributed by atoms with Crippen molar-refractivity contribution in [3.8, 4) is 17.3 Å². The van der Waals surface area contributed by atoms with Crippen LogP contribution in [-0.2, 0) is 14.3 Å². The van der Waals surface area contributed by atoms with Gasteiger partial charge in [-0.3, -0.25) is 14.5 Å². The number of carbonyl (C=O) groups excluding carboxylic acids is 2. The number of ether oxygens (including phenoxy) is 1. The molecule has 1 fully saturated rings. The van der Waals surface area contributed by atoms with Gasteiger partial charge >= 0.3 is 5.97 Å². The Bertz CT molecular complexity index is 929. The number of hydrogen-bond donors (Lipinski definition) is 0. The van der Waals surface area contributed by atoms with Crippen LogP contribution in [0.1, 0.15) is 31.7 Å². The molecule has 1 aliphatic heterocycles. The number of pyridine rings is 1. The Hall–Kier alpha value is -3.24. The summed E-state index contributed by atoms with van der Waals surface area (Å²) < 4.78 is 4.98. The molecule has 7 heteroatoms. The molecule has 1 aromatic heterocycles. The molecule has 0 bridgehead atoms. The highest BCUT2D eigenvalue weighted by molar-refractivity contribution is 5.82. The van der Waals surface area contributed by atoms with Gasteiger partial charge in [-0.25, -0.2) is 4.98 Å². The Morgan fingerprint density at radius 1 is 1.10 bits per heavy atom. The van der Waals surface area contributed by atoms with Crippen LogP contribution >= 0.6 is 0 Å². The third kappa shape index (κ3) is 6.63. The predicted molar refractivity (Wildman–Crippen MR) is 119 cm³/mol. The molecule has 0 aliphatic carbocycles. The number of rotatable bonds is 9. The molecule has 0 N–H and O–H groups in total. The number of aromatic nitrogens is 1. The SMILES string of the molecule is CCC(=O)COC(=O)CCCN1CCN(c2cccc(-c3ccc(C#N)cc3)n2)CC1. The molecule has 0 radical (unpaired) electrons. The fourth-order valence-electron chi connectivity index (χ4n) is 3.46. The maximum absolute atomic E-state index is 11.7. The highest BCUT2D eigenvalue weighted by Gasteiger charge is 2.18. The van der Waals surface area contributed by atoms with E-state index >= 15 is 0 Å². The van der Waals surface area contributed by atoms with Crippen molar-refractivity contribution in [3.05, 3.63) is 48.0 Å². The maximum Gasteiger partial charge on any atom is 0.306 e. The average molecular weight is 421 g/mol. The lowest BCUT2D eigenvalue weighted by molar-refractivity contribution is -0.148. The van der Waals surface area contributed by atoms with Crippen molar-refractivity contribution in [1.29, 1.82) is 5.26 Å². The van der Waals surface area contributed by atoms with Crippen LogP contribution in [0.4, 0.5) is 5.82 Å². The maximum atomic E-state index is 11.7. The molecule has 162 valence electrons. The van der Waals surface area contributed by atoms with E-state index < -0.39 is 0 Å². The molecule has 0 amide bonds. The van der Waals surface area contributed by atoms with Crippen LogP contribution in [0.3, 0.4) is 0 Å². The van der Waals surface area contributed by atoms with Crippen molar-refractivity contribution in [3.63, 3.8) is 0 Å². The zero-order valence-corrected chi connectivity index (χ0v) is 17.9. The molecular weight excluding hydrogens is 392 g/mol. The van der Waals surface area contributed by atoms with E-state index in [4.69, 9.17) is 15.0 Å². The van der Waals surface area contributed by atoms with Crippen LogP contribution in [0.15, 0.2) is 42.5 Å². The summed E-state index contributed by atoms with van der Waals surface area (Å²) in [5.41, 5.74) is 2.52. The number of nitrogens with zero attached hydrogens (tertiary/aromatic N) is 4. The number of hydrogen-bond acceptors (Lipinski definition) is 7. The van der Waals surface area contributed by atoms with Crippen molar-refractivity contribution in [2.24, 2.45) is 0 Å². The molecule has 0 unspecified atom stereocenters. The molecule has 7 nitrogen and oxygen atoms in total. The minimum atomic E-state index is -0.302. The van der Waals surface area contributed by atoms with Crippen LogP contribution in [-0.4, -0.2) is 61.0 Å². The standard InChI is InChI=1S/C24H28N4O3/c1-2-21(29)18-31-24(30)7-4-12-27-13-15-28(16-14-27)23-6-3-5-22(26-23)20-10-8-19(17-25)9-11-20/h3,5-6,8-11H,2,4,7,12-16,18H2,1H3. The molecule has 1 saturated heterocycles. The van der Waals surface area contributed by atoms with E-state index in [9.17, 15) is 9.59 Å². The molecule has 2 heterocycles. The third-order valence-electron chi connectivity index (χ3n) is 5.38. The van der Waals surface area contributed by atoms with Crippen LogP contribution in [0.25, 0.3) is 11.3 Å². The largest absolute Gasteiger partial charge is 0.458 e. The number of nitriles is 1. The van der Waals surface area contributed by atoms with Gasteiger partial charge in [0.25, 0.3) is 0 Å². The Morgan fingerprint density at radius 2 is 1.84 bits per heavy atom. The lowest BCUT2D eigenvalue weighted by Gasteiger charge is -2.35. The minimum absolute atomic E-state index is 0.0543. The second-order valence-corrected chi connectivity index (χ2v) is 7.56. The lowest BCUT2D eigenvalue weighted by atomic mass is 10.1. The van der Waals surface area contributed by atoms with E-state index in [-0.39, 0.29) is 18.4 Å². The summed E-state index contributed by atoms with van der Waals surface area (Å²) >= 11 is 0. The summed E-state index contributed by atoms with van der Waals surface area (Å²) in [6.45, 7) is 6.05. The van der Waals surface area contributed by atoms with Crippen molar-refractivity contribution in [1.82, 2.24) is 9.88 Å². The van der Waals surface area contributed by atoms with E-state index in [0.29, 0.717) is 18.4 Å². The fourth-order valence-corrected chi connectivity index (χ4v) is 3.46. The summed E-state index contributed by atoms with van der Waals surface area (Å²) in [5, 5.41) is 8.96. The number of esters is 1. The normalized spacial score (nSPS) is 14.1. The van der Waals surface area contributed by atoms with E-state index in [1.807, 2.05) is 30.3 Å². The first-order valence-corrected chi connectivity index (χ1v) is 10.7. The molecule has 1 aliphatic rings.